The van der Waals surface area contributed by atoms with Crippen LogP contribution in [0.25, 0.3) is 0 Å². The Morgan fingerprint density at radius 2 is 2.21 bits per heavy atom. The summed E-state index contributed by atoms with van der Waals surface area (Å²) >= 11 is 1.15. The number of aromatic nitrogens is 2. The molecule has 0 fully saturated rings. The molecule has 11 nitrogen and oxygen atoms in total. The SMILES string of the molecule is [B]c1cc(N=C(NO)c2nonc2SCCN=C(N)NS(C)(=O)=O)ccc1F. The summed E-state index contributed by atoms with van der Waals surface area (Å²) in [6, 6.07) is 3.77. The van der Waals surface area contributed by atoms with E-state index < -0.39 is 15.8 Å². The second kappa shape index (κ2) is 9.52. The van der Waals surface area contributed by atoms with Gasteiger partial charge in [0.25, 0.3) is 0 Å². The molecular formula is C13H15BFN7O4S2. The Balaban J connectivity index is 2.07. The highest BCUT2D eigenvalue weighted by molar-refractivity contribution is 7.99. The van der Waals surface area contributed by atoms with Crippen molar-refractivity contribution in [3.63, 3.8) is 0 Å². The summed E-state index contributed by atoms with van der Waals surface area (Å²) in [5.41, 5.74) is 7.56. The van der Waals surface area contributed by atoms with Crippen molar-refractivity contribution in [1.29, 1.82) is 0 Å². The van der Waals surface area contributed by atoms with Crippen molar-refractivity contribution in [3.8, 4) is 0 Å². The number of rotatable bonds is 7. The lowest BCUT2D eigenvalue weighted by Gasteiger charge is -2.04. The second-order valence-electron chi connectivity index (χ2n) is 5.19. The van der Waals surface area contributed by atoms with E-state index in [9.17, 15) is 18.0 Å². The van der Waals surface area contributed by atoms with Crippen molar-refractivity contribution >= 4 is 52.6 Å². The van der Waals surface area contributed by atoms with Gasteiger partial charge >= 0.3 is 0 Å². The molecule has 1 aromatic carbocycles. The molecule has 0 saturated heterocycles. The van der Waals surface area contributed by atoms with Crippen LogP contribution in [0.2, 0.25) is 0 Å². The third kappa shape index (κ3) is 6.51. The molecule has 5 N–H and O–H groups in total. The molecule has 1 aromatic heterocycles. The number of nitrogens with two attached hydrogens (primary N) is 1. The molecule has 15 heteroatoms. The average molecular weight is 427 g/mol. The van der Waals surface area contributed by atoms with Crippen molar-refractivity contribution in [3.05, 3.63) is 29.7 Å². The van der Waals surface area contributed by atoms with Crippen LogP contribution >= 0.6 is 11.8 Å². The molecule has 1 heterocycles. The first kappa shape index (κ1) is 21.7. The van der Waals surface area contributed by atoms with Gasteiger partial charge in [-0.1, -0.05) is 17.2 Å². The monoisotopic (exact) mass is 427 g/mol. The van der Waals surface area contributed by atoms with Crippen molar-refractivity contribution in [2.75, 3.05) is 18.6 Å². The van der Waals surface area contributed by atoms with E-state index in [0.717, 1.165) is 24.1 Å². The van der Waals surface area contributed by atoms with E-state index in [1.54, 1.807) is 0 Å². The Bertz CT molecular complexity index is 997. The number of hydrogen-bond acceptors (Lipinski definition) is 9. The average Bonchev–Trinajstić information content (AvgIpc) is 3.06. The van der Waals surface area contributed by atoms with Crippen LogP contribution in [0.4, 0.5) is 10.1 Å². The van der Waals surface area contributed by atoms with E-state index >= 15 is 0 Å². The zero-order valence-electron chi connectivity index (χ0n) is 14.5. The molecule has 28 heavy (non-hydrogen) atoms. The zero-order chi connectivity index (χ0) is 20.7. The molecule has 0 aliphatic carbocycles. The number of aliphatic imine (C=N–C) groups is 2. The summed E-state index contributed by atoms with van der Waals surface area (Å²) in [6.07, 6.45) is 0.953. The molecule has 0 aliphatic heterocycles. The predicted octanol–water partition coefficient (Wildman–Crippen LogP) is -0.984. The third-order valence-electron chi connectivity index (χ3n) is 2.91. The van der Waals surface area contributed by atoms with Gasteiger partial charge in [0.2, 0.25) is 16.0 Å². The minimum Gasteiger partial charge on any atom is -0.369 e. The number of nitrogens with zero attached hydrogens (tertiary/aromatic N) is 4. The summed E-state index contributed by atoms with van der Waals surface area (Å²) in [7, 11) is 1.99. The number of amidine groups is 1. The normalized spacial score (nSPS) is 12.8. The van der Waals surface area contributed by atoms with Crippen molar-refractivity contribution < 1.29 is 22.6 Å². The first-order valence-corrected chi connectivity index (χ1v) is 10.3. The number of benzene rings is 1. The van der Waals surface area contributed by atoms with Crippen molar-refractivity contribution in [2.45, 2.75) is 5.03 Å². The van der Waals surface area contributed by atoms with Crippen molar-refractivity contribution in [2.24, 2.45) is 15.7 Å². The van der Waals surface area contributed by atoms with Gasteiger partial charge in [0.1, 0.15) is 13.7 Å². The number of hydrogen-bond donors (Lipinski definition) is 4. The Morgan fingerprint density at radius 3 is 2.86 bits per heavy atom. The van der Waals surface area contributed by atoms with Gasteiger partial charge in [0.15, 0.2) is 16.6 Å². The second-order valence-corrected chi connectivity index (χ2v) is 8.02. The van der Waals surface area contributed by atoms with Crippen LogP contribution in [0.15, 0.2) is 37.8 Å². The molecule has 2 radical (unpaired) electrons. The lowest BCUT2D eigenvalue weighted by atomic mass is 9.95. The quantitative estimate of drug-likeness (QED) is 0.108. The molecule has 0 aliphatic rings. The Hall–Kier alpha value is -2.65. The number of thioether (sulfide) groups is 1. The van der Waals surface area contributed by atoms with E-state index in [2.05, 4.69) is 24.9 Å². The lowest BCUT2D eigenvalue weighted by Crippen LogP contribution is -2.36. The number of guanidine groups is 1. The van der Waals surface area contributed by atoms with Gasteiger partial charge in [-0.05, 0) is 28.5 Å². The fraction of sp³-hybridized carbons (Fsp3) is 0.231. The van der Waals surface area contributed by atoms with Gasteiger partial charge in [-0.3, -0.25) is 20.4 Å². The first-order valence-electron chi connectivity index (χ1n) is 7.47. The maximum Gasteiger partial charge on any atom is 0.232 e. The van der Waals surface area contributed by atoms with E-state index in [0.29, 0.717) is 5.75 Å². The Morgan fingerprint density at radius 1 is 1.46 bits per heavy atom. The molecule has 0 bridgehead atoms. The van der Waals surface area contributed by atoms with Crippen LogP contribution in [0.5, 0.6) is 0 Å². The standard InChI is InChI=1S/C13H15BFN7O4S2/c1-28(24,25)22-13(16)17-4-5-27-12-10(20-26-21-12)11(19-23)18-7-2-3-9(15)8(14)6-7/h2-3,6,23H,4-5H2,1H3,(H,18,19)(H3,16,17,22). The van der Waals surface area contributed by atoms with Gasteiger partial charge in [-0.2, -0.15) is 0 Å². The first-order chi connectivity index (χ1) is 13.2. The van der Waals surface area contributed by atoms with Gasteiger partial charge in [0, 0.05) is 5.75 Å². The summed E-state index contributed by atoms with van der Waals surface area (Å²) in [5.74, 6) is -0.594. The summed E-state index contributed by atoms with van der Waals surface area (Å²) in [5, 5.41) is 17.0. The zero-order valence-corrected chi connectivity index (χ0v) is 16.1. The van der Waals surface area contributed by atoms with Gasteiger partial charge in [-0.25, -0.2) is 22.4 Å². The molecule has 2 aromatic rings. The van der Waals surface area contributed by atoms with Crippen LogP contribution < -0.4 is 21.4 Å². The largest absolute Gasteiger partial charge is 0.369 e. The summed E-state index contributed by atoms with van der Waals surface area (Å²) in [4.78, 5) is 7.94. The number of halogens is 1. The van der Waals surface area contributed by atoms with Gasteiger partial charge < -0.3 is 5.73 Å². The molecular weight excluding hydrogens is 412 g/mol. The minimum absolute atomic E-state index is 0.0987. The lowest BCUT2D eigenvalue weighted by molar-refractivity contribution is 0.234. The van der Waals surface area contributed by atoms with Crippen LogP contribution in [0.3, 0.4) is 0 Å². The van der Waals surface area contributed by atoms with Crippen LogP contribution in [-0.4, -0.2) is 62.1 Å². The van der Waals surface area contributed by atoms with Crippen LogP contribution in [-0.2, 0) is 10.0 Å². The van der Waals surface area contributed by atoms with E-state index in [-0.39, 0.29) is 40.2 Å². The Labute approximate surface area is 165 Å². The highest BCUT2D eigenvalue weighted by Gasteiger charge is 2.17. The number of nitrogens with one attached hydrogen (secondary N) is 2. The maximum atomic E-state index is 13.2. The van der Waals surface area contributed by atoms with Crippen LogP contribution in [0, 0.1) is 5.82 Å². The molecule has 2 rings (SSSR count). The molecule has 0 spiro atoms. The molecule has 0 unspecified atom stereocenters. The molecule has 0 amide bonds. The highest BCUT2D eigenvalue weighted by atomic mass is 32.2. The molecule has 148 valence electrons. The molecule has 0 atom stereocenters. The third-order valence-corrected chi connectivity index (χ3v) is 4.42. The minimum atomic E-state index is -3.49. The highest BCUT2D eigenvalue weighted by Crippen LogP contribution is 2.20. The van der Waals surface area contributed by atoms with Gasteiger partial charge in [-0.15, -0.1) is 0 Å². The fourth-order valence-electron chi connectivity index (χ4n) is 1.81. The smallest absolute Gasteiger partial charge is 0.232 e. The molecule has 0 saturated carbocycles. The maximum absolute atomic E-state index is 13.2. The van der Waals surface area contributed by atoms with Gasteiger partial charge in [0.05, 0.1) is 18.5 Å². The van der Waals surface area contributed by atoms with Crippen LogP contribution in [0.1, 0.15) is 5.69 Å². The Kier molecular flexibility index (Phi) is 7.36. The van der Waals surface area contributed by atoms with Crippen molar-refractivity contribution in [1.82, 2.24) is 20.5 Å². The van der Waals surface area contributed by atoms with E-state index in [1.165, 1.54) is 12.1 Å². The number of sulfonamides is 1. The summed E-state index contributed by atoms with van der Waals surface area (Å²) < 4.78 is 42.0. The van der Waals surface area contributed by atoms with E-state index in [4.69, 9.17) is 13.6 Å². The topological polar surface area (TPSA) is 168 Å². The fourth-order valence-corrected chi connectivity index (χ4v) is 2.99. The number of hydroxylamine groups is 1. The summed E-state index contributed by atoms with van der Waals surface area (Å²) in [6.45, 7) is 0.166. The van der Waals surface area contributed by atoms with E-state index in [1.807, 2.05) is 10.2 Å². The predicted molar refractivity (Wildman–Crippen MR) is 102 cm³/mol.